The van der Waals surface area contributed by atoms with Crippen molar-refractivity contribution in [2.24, 2.45) is 0 Å². The normalized spacial score (nSPS) is 20.8. The van der Waals surface area contributed by atoms with Crippen LogP contribution < -0.4 is 11.1 Å². The highest BCUT2D eigenvalue weighted by atomic mass is 35.5. The van der Waals surface area contributed by atoms with Crippen molar-refractivity contribution in [3.63, 3.8) is 0 Å². The quantitative estimate of drug-likeness (QED) is 0.804. The van der Waals surface area contributed by atoms with Crippen LogP contribution in [-0.4, -0.2) is 31.9 Å². The lowest BCUT2D eigenvalue weighted by Crippen LogP contribution is -2.43. The van der Waals surface area contributed by atoms with Gasteiger partial charge in [0, 0.05) is 17.3 Å². The summed E-state index contributed by atoms with van der Waals surface area (Å²) in [6, 6.07) is 4.83. The number of hydrogen-bond acceptors (Lipinski definition) is 4. The molecule has 112 valence electrons. The molecule has 20 heavy (non-hydrogen) atoms. The zero-order valence-corrected chi connectivity index (χ0v) is 12.9. The minimum absolute atomic E-state index is 0. The van der Waals surface area contributed by atoms with Crippen LogP contribution in [0.1, 0.15) is 28.8 Å². The predicted octanol–water partition coefficient (Wildman–Crippen LogP) is 1.31. The molecule has 3 N–H and O–H groups in total. The van der Waals surface area contributed by atoms with E-state index in [1.165, 1.54) is 0 Å². The Balaban J connectivity index is 0.00000200. The van der Waals surface area contributed by atoms with Crippen LogP contribution in [0, 0.1) is 6.92 Å². The van der Waals surface area contributed by atoms with Gasteiger partial charge in [0.15, 0.2) is 9.84 Å². The van der Waals surface area contributed by atoms with Gasteiger partial charge in [0.05, 0.1) is 11.5 Å². The van der Waals surface area contributed by atoms with Gasteiger partial charge in [-0.2, -0.15) is 0 Å². The Labute approximate surface area is 125 Å². The third-order valence-electron chi connectivity index (χ3n) is 3.30. The maximum Gasteiger partial charge on any atom is 0.251 e. The topological polar surface area (TPSA) is 89.3 Å². The number of benzene rings is 1. The lowest BCUT2D eigenvalue weighted by atomic mass is 10.1. The number of nitrogen functional groups attached to an aromatic ring is 1. The Morgan fingerprint density at radius 1 is 1.40 bits per heavy atom. The van der Waals surface area contributed by atoms with Gasteiger partial charge in [-0.1, -0.05) is 6.07 Å². The number of sulfone groups is 1. The summed E-state index contributed by atoms with van der Waals surface area (Å²) in [6.45, 7) is 1.83. The van der Waals surface area contributed by atoms with Crippen LogP contribution in [-0.2, 0) is 9.84 Å². The molecule has 0 saturated carbocycles. The number of carbonyl (C=O) groups is 1. The molecule has 0 spiro atoms. The molecule has 0 bridgehead atoms. The molecule has 1 fully saturated rings. The lowest BCUT2D eigenvalue weighted by Gasteiger charge is -2.23. The first-order chi connectivity index (χ1) is 8.87. The predicted molar refractivity (Wildman–Crippen MR) is 82.0 cm³/mol. The molecule has 0 aliphatic carbocycles. The third-order valence-corrected chi connectivity index (χ3v) is 5.13. The number of carbonyl (C=O) groups excluding carboxylic acids is 1. The Hall–Kier alpha value is -1.27. The molecule has 1 amide bonds. The highest BCUT2D eigenvalue weighted by molar-refractivity contribution is 7.91. The average molecular weight is 319 g/mol. The van der Waals surface area contributed by atoms with Crippen LogP contribution in [0.4, 0.5) is 5.69 Å². The molecule has 1 aliphatic rings. The van der Waals surface area contributed by atoms with E-state index in [2.05, 4.69) is 5.32 Å². The smallest absolute Gasteiger partial charge is 0.251 e. The van der Waals surface area contributed by atoms with Crippen molar-refractivity contribution >= 4 is 33.8 Å². The number of hydrogen-bond donors (Lipinski definition) is 2. The van der Waals surface area contributed by atoms with E-state index in [0.29, 0.717) is 24.1 Å². The summed E-state index contributed by atoms with van der Waals surface area (Å²) in [6.07, 6.45) is 1.30. The minimum atomic E-state index is -3.02. The molecule has 1 aliphatic heterocycles. The van der Waals surface area contributed by atoms with Crippen molar-refractivity contribution < 1.29 is 13.2 Å². The van der Waals surface area contributed by atoms with Crippen molar-refractivity contribution in [1.82, 2.24) is 5.32 Å². The first kappa shape index (κ1) is 16.8. The van der Waals surface area contributed by atoms with Crippen LogP contribution in [0.15, 0.2) is 18.2 Å². The summed E-state index contributed by atoms with van der Waals surface area (Å²) < 4.78 is 23.1. The van der Waals surface area contributed by atoms with E-state index in [-0.39, 0.29) is 35.9 Å². The zero-order chi connectivity index (χ0) is 14.0. The van der Waals surface area contributed by atoms with E-state index in [1.54, 1.807) is 18.2 Å². The van der Waals surface area contributed by atoms with E-state index in [9.17, 15) is 13.2 Å². The molecule has 7 heteroatoms. The standard InChI is InChI=1S/C13H18N2O3S.ClH/c1-9-4-5-10(14)7-12(9)13(16)15-11-3-2-6-19(17,18)8-11;/h4-5,7,11H,2-3,6,8,14H2,1H3,(H,15,16);1H. The van der Waals surface area contributed by atoms with E-state index >= 15 is 0 Å². The Bertz CT molecular complexity index is 602. The molecular formula is C13H19ClN2O3S. The van der Waals surface area contributed by atoms with E-state index in [4.69, 9.17) is 5.73 Å². The highest BCUT2D eigenvalue weighted by Gasteiger charge is 2.26. The first-order valence-corrected chi connectivity index (χ1v) is 8.07. The second kappa shape index (κ2) is 6.45. The van der Waals surface area contributed by atoms with E-state index in [0.717, 1.165) is 5.56 Å². The van der Waals surface area contributed by atoms with Gasteiger partial charge in [0.2, 0.25) is 0 Å². The van der Waals surface area contributed by atoms with Crippen molar-refractivity contribution in [2.75, 3.05) is 17.2 Å². The fourth-order valence-electron chi connectivity index (χ4n) is 2.28. The van der Waals surface area contributed by atoms with Crippen molar-refractivity contribution in [3.8, 4) is 0 Å². The van der Waals surface area contributed by atoms with Crippen molar-refractivity contribution in [1.29, 1.82) is 0 Å². The molecule has 1 atom stereocenters. The number of nitrogens with one attached hydrogen (secondary N) is 1. The van der Waals surface area contributed by atoms with Crippen LogP contribution in [0.25, 0.3) is 0 Å². The molecule has 1 saturated heterocycles. The zero-order valence-electron chi connectivity index (χ0n) is 11.3. The molecule has 5 nitrogen and oxygen atoms in total. The number of halogens is 1. The molecule has 1 unspecified atom stereocenters. The maximum absolute atomic E-state index is 12.1. The van der Waals surface area contributed by atoms with Gasteiger partial charge in [-0.05, 0) is 37.5 Å². The van der Waals surface area contributed by atoms with Gasteiger partial charge in [-0.3, -0.25) is 4.79 Å². The number of rotatable bonds is 2. The summed E-state index contributed by atoms with van der Waals surface area (Å²) in [5.74, 6) is -0.0107. The Kier molecular flexibility index (Phi) is 5.42. The molecular weight excluding hydrogens is 300 g/mol. The number of anilines is 1. The van der Waals surface area contributed by atoms with Gasteiger partial charge >= 0.3 is 0 Å². The van der Waals surface area contributed by atoms with Gasteiger partial charge in [-0.25, -0.2) is 8.42 Å². The van der Waals surface area contributed by atoms with Gasteiger partial charge in [0.25, 0.3) is 5.91 Å². The third kappa shape index (κ3) is 4.11. The second-order valence-electron chi connectivity index (χ2n) is 5.00. The van der Waals surface area contributed by atoms with Crippen LogP contribution in [0.3, 0.4) is 0 Å². The molecule has 2 rings (SSSR count). The SMILES string of the molecule is Cc1ccc(N)cc1C(=O)NC1CCCS(=O)(=O)C1.Cl. The molecule has 1 aromatic rings. The lowest BCUT2D eigenvalue weighted by molar-refractivity contribution is 0.0937. The molecule has 1 heterocycles. The highest BCUT2D eigenvalue weighted by Crippen LogP contribution is 2.15. The van der Waals surface area contributed by atoms with Gasteiger partial charge in [0.1, 0.15) is 0 Å². The van der Waals surface area contributed by atoms with Crippen LogP contribution in [0.5, 0.6) is 0 Å². The summed E-state index contributed by atoms with van der Waals surface area (Å²) in [5.41, 5.74) is 7.51. The largest absolute Gasteiger partial charge is 0.399 e. The van der Waals surface area contributed by atoms with Crippen LogP contribution >= 0.6 is 12.4 Å². The number of amides is 1. The molecule has 0 aromatic heterocycles. The van der Waals surface area contributed by atoms with Crippen molar-refractivity contribution in [2.45, 2.75) is 25.8 Å². The first-order valence-electron chi connectivity index (χ1n) is 6.25. The molecule has 1 aromatic carbocycles. The maximum atomic E-state index is 12.1. The van der Waals surface area contributed by atoms with E-state index in [1.807, 2.05) is 6.92 Å². The van der Waals surface area contributed by atoms with E-state index < -0.39 is 9.84 Å². The summed E-state index contributed by atoms with van der Waals surface area (Å²) in [7, 11) is -3.02. The number of aryl methyl sites for hydroxylation is 1. The fraction of sp³-hybridized carbons (Fsp3) is 0.462. The van der Waals surface area contributed by atoms with Crippen molar-refractivity contribution in [3.05, 3.63) is 29.3 Å². The molecule has 0 radical (unpaired) electrons. The number of nitrogens with two attached hydrogens (primary N) is 1. The summed E-state index contributed by atoms with van der Waals surface area (Å²) in [4.78, 5) is 12.1. The summed E-state index contributed by atoms with van der Waals surface area (Å²) >= 11 is 0. The Morgan fingerprint density at radius 3 is 2.75 bits per heavy atom. The van der Waals surface area contributed by atoms with Gasteiger partial charge in [-0.15, -0.1) is 12.4 Å². The van der Waals surface area contributed by atoms with Crippen LogP contribution in [0.2, 0.25) is 0 Å². The summed E-state index contributed by atoms with van der Waals surface area (Å²) in [5, 5.41) is 2.79. The fourth-order valence-corrected chi connectivity index (χ4v) is 3.92. The second-order valence-corrected chi connectivity index (χ2v) is 7.23. The van der Waals surface area contributed by atoms with Gasteiger partial charge < -0.3 is 11.1 Å². The Morgan fingerprint density at radius 2 is 2.10 bits per heavy atom. The monoisotopic (exact) mass is 318 g/mol. The average Bonchev–Trinajstić information content (AvgIpc) is 2.31. The minimum Gasteiger partial charge on any atom is -0.399 e.